The van der Waals surface area contributed by atoms with E-state index in [2.05, 4.69) is 175 Å². The standard InChI is InChI=1S/C45H30N2O/c1-3-10-31(11-4-1)33-18-20-34(21-19-33)35-22-25-38(26-23-35)47(39-16-9-15-37(28-39)32-12-5-2-6-13-32)40-29-43-42-27-24-36-14-7-8-17-41(36)44(42)48-45(43)46-30-40/h1-30H. The van der Waals surface area contributed by atoms with Crippen LogP contribution in [-0.2, 0) is 0 Å². The van der Waals surface area contributed by atoms with Crippen molar-refractivity contribution in [3.05, 3.63) is 182 Å². The number of fused-ring (bicyclic) bond motifs is 5. The first-order valence-electron chi connectivity index (χ1n) is 16.2. The number of aromatic nitrogens is 1. The van der Waals surface area contributed by atoms with E-state index in [0.717, 1.165) is 55.3 Å². The largest absolute Gasteiger partial charge is 0.437 e. The van der Waals surface area contributed by atoms with Gasteiger partial charge in [-0.2, -0.15) is 0 Å². The molecule has 0 aliphatic heterocycles. The molecule has 226 valence electrons. The van der Waals surface area contributed by atoms with E-state index in [0.29, 0.717) is 5.71 Å². The normalized spacial score (nSPS) is 11.3. The molecular formula is C45H30N2O. The van der Waals surface area contributed by atoms with Gasteiger partial charge in [-0.3, -0.25) is 0 Å². The molecule has 9 rings (SSSR count). The van der Waals surface area contributed by atoms with Crippen LogP contribution >= 0.6 is 0 Å². The second kappa shape index (κ2) is 11.7. The number of furan rings is 1. The van der Waals surface area contributed by atoms with Crippen LogP contribution in [0.4, 0.5) is 17.1 Å². The molecule has 9 aromatic rings. The minimum Gasteiger partial charge on any atom is -0.437 e. The molecule has 0 saturated carbocycles. The summed E-state index contributed by atoms with van der Waals surface area (Å²) in [5.41, 5.74) is 11.7. The molecule has 0 bridgehead atoms. The van der Waals surface area contributed by atoms with Crippen LogP contribution in [0.25, 0.3) is 66.2 Å². The van der Waals surface area contributed by atoms with Gasteiger partial charge in [0.1, 0.15) is 5.58 Å². The summed E-state index contributed by atoms with van der Waals surface area (Å²) in [6, 6.07) is 62.1. The zero-order valence-electron chi connectivity index (χ0n) is 26.1. The highest BCUT2D eigenvalue weighted by Crippen LogP contribution is 2.40. The van der Waals surface area contributed by atoms with E-state index in [1.807, 2.05) is 12.3 Å². The van der Waals surface area contributed by atoms with Gasteiger partial charge in [0.2, 0.25) is 5.71 Å². The van der Waals surface area contributed by atoms with Gasteiger partial charge < -0.3 is 9.32 Å². The summed E-state index contributed by atoms with van der Waals surface area (Å²) >= 11 is 0. The number of benzene rings is 7. The fraction of sp³-hybridized carbons (Fsp3) is 0. The third-order valence-corrected chi connectivity index (χ3v) is 9.13. The molecule has 2 aromatic heterocycles. The molecule has 3 heteroatoms. The maximum atomic E-state index is 6.36. The summed E-state index contributed by atoms with van der Waals surface area (Å²) in [6.07, 6.45) is 1.91. The van der Waals surface area contributed by atoms with Crippen LogP contribution in [0.2, 0.25) is 0 Å². The number of nitrogens with zero attached hydrogens (tertiary/aromatic N) is 2. The van der Waals surface area contributed by atoms with E-state index in [4.69, 9.17) is 9.40 Å². The van der Waals surface area contributed by atoms with Gasteiger partial charge in [0.25, 0.3) is 0 Å². The summed E-state index contributed by atoms with van der Waals surface area (Å²) < 4.78 is 6.36. The van der Waals surface area contributed by atoms with Crippen molar-refractivity contribution in [3.63, 3.8) is 0 Å². The van der Waals surface area contributed by atoms with E-state index >= 15 is 0 Å². The van der Waals surface area contributed by atoms with Gasteiger partial charge in [0, 0.05) is 22.1 Å². The SMILES string of the molecule is c1ccc(-c2ccc(-c3ccc(N(c4cccc(-c5ccccc5)c4)c4cnc5oc6c7ccccc7ccc6c5c4)cc3)cc2)cc1. The van der Waals surface area contributed by atoms with Crippen LogP contribution in [0.3, 0.4) is 0 Å². The lowest BCUT2D eigenvalue weighted by Crippen LogP contribution is -2.10. The minimum atomic E-state index is 0.636. The first kappa shape index (κ1) is 27.8. The van der Waals surface area contributed by atoms with Crippen LogP contribution in [0.5, 0.6) is 0 Å². The van der Waals surface area contributed by atoms with Gasteiger partial charge in [0.15, 0.2) is 0 Å². The molecule has 0 spiro atoms. The third-order valence-electron chi connectivity index (χ3n) is 9.13. The Balaban J connectivity index is 1.15. The quantitative estimate of drug-likeness (QED) is 0.187. The van der Waals surface area contributed by atoms with Crippen LogP contribution in [0.15, 0.2) is 187 Å². The molecule has 48 heavy (non-hydrogen) atoms. The van der Waals surface area contributed by atoms with Crippen LogP contribution < -0.4 is 4.90 Å². The molecule has 7 aromatic carbocycles. The fourth-order valence-electron chi connectivity index (χ4n) is 6.69. The average Bonchev–Trinajstić information content (AvgIpc) is 3.55. The molecular weight excluding hydrogens is 585 g/mol. The summed E-state index contributed by atoms with van der Waals surface area (Å²) in [5, 5.41) is 4.30. The molecule has 0 unspecified atom stereocenters. The molecule has 2 heterocycles. The Morgan fingerprint density at radius 2 is 0.958 bits per heavy atom. The third kappa shape index (κ3) is 4.99. The highest BCUT2D eigenvalue weighted by Gasteiger charge is 2.18. The lowest BCUT2D eigenvalue weighted by molar-refractivity contribution is 0.657. The number of hydrogen-bond acceptors (Lipinski definition) is 3. The molecule has 0 atom stereocenters. The first-order chi connectivity index (χ1) is 23.8. The van der Waals surface area contributed by atoms with Gasteiger partial charge in [0.05, 0.1) is 17.3 Å². The van der Waals surface area contributed by atoms with Crippen LogP contribution in [0, 0.1) is 0 Å². The zero-order chi connectivity index (χ0) is 31.9. The summed E-state index contributed by atoms with van der Waals surface area (Å²) in [6.45, 7) is 0. The highest BCUT2D eigenvalue weighted by molar-refractivity contribution is 6.14. The molecule has 3 nitrogen and oxygen atoms in total. The fourth-order valence-corrected chi connectivity index (χ4v) is 6.69. The maximum Gasteiger partial charge on any atom is 0.227 e. The van der Waals surface area contributed by atoms with Crippen LogP contribution in [0.1, 0.15) is 0 Å². The number of anilines is 3. The predicted molar refractivity (Wildman–Crippen MR) is 200 cm³/mol. The van der Waals surface area contributed by atoms with E-state index in [9.17, 15) is 0 Å². The lowest BCUT2D eigenvalue weighted by Gasteiger charge is -2.26. The van der Waals surface area contributed by atoms with Crippen molar-refractivity contribution in [1.82, 2.24) is 4.98 Å². The molecule has 0 radical (unpaired) electrons. The van der Waals surface area contributed by atoms with E-state index in [-0.39, 0.29) is 0 Å². The summed E-state index contributed by atoms with van der Waals surface area (Å²) in [4.78, 5) is 7.15. The number of pyridine rings is 1. The molecule has 0 aliphatic carbocycles. The van der Waals surface area contributed by atoms with Crippen molar-refractivity contribution in [2.75, 3.05) is 4.90 Å². The van der Waals surface area contributed by atoms with Gasteiger partial charge in [-0.25, -0.2) is 4.98 Å². The average molecular weight is 615 g/mol. The van der Waals surface area contributed by atoms with Gasteiger partial charge in [-0.05, 0) is 75.2 Å². The number of hydrogen-bond donors (Lipinski definition) is 0. The summed E-state index contributed by atoms with van der Waals surface area (Å²) in [5.74, 6) is 0. The Bertz CT molecular complexity index is 2540. The topological polar surface area (TPSA) is 29.3 Å². The molecule has 0 saturated heterocycles. The Morgan fingerprint density at radius 1 is 0.375 bits per heavy atom. The van der Waals surface area contributed by atoms with E-state index in [1.165, 1.54) is 22.3 Å². The lowest BCUT2D eigenvalue weighted by atomic mass is 10.00. The summed E-state index contributed by atoms with van der Waals surface area (Å²) in [7, 11) is 0. The molecule has 0 fully saturated rings. The van der Waals surface area contributed by atoms with E-state index < -0.39 is 0 Å². The maximum absolute atomic E-state index is 6.36. The Kier molecular flexibility index (Phi) is 6.80. The minimum absolute atomic E-state index is 0.636. The second-order valence-corrected chi connectivity index (χ2v) is 12.1. The highest BCUT2D eigenvalue weighted by atomic mass is 16.3. The van der Waals surface area contributed by atoms with Crippen molar-refractivity contribution < 1.29 is 4.42 Å². The molecule has 0 amide bonds. The first-order valence-corrected chi connectivity index (χ1v) is 16.2. The molecule has 0 N–H and O–H groups in total. The zero-order valence-corrected chi connectivity index (χ0v) is 26.1. The Labute approximate surface area is 279 Å². The van der Waals surface area contributed by atoms with Crippen molar-refractivity contribution in [1.29, 1.82) is 0 Å². The van der Waals surface area contributed by atoms with Crippen molar-refractivity contribution in [2.45, 2.75) is 0 Å². The van der Waals surface area contributed by atoms with Crippen molar-refractivity contribution in [3.8, 4) is 33.4 Å². The number of rotatable bonds is 6. The predicted octanol–water partition coefficient (Wildman–Crippen LogP) is 12.6. The van der Waals surface area contributed by atoms with Crippen molar-refractivity contribution >= 4 is 49.9 Å². The monoisotopic (exact) mass is 614 g/mol. The molecule has 0 aliphatic rings. The Hall–Kier alpha value is -6.45. The van der Waals surface area contributed by atoms with Crippen molar-refractivity contribution in [2.24, 2.45) is 0 Å². The second-order valence-electron chi connectivity index (χ2n) is 12.1. The van der Waals surface area contributed by atoms with Crippen LogP contribution in [-0.4, -0.2) is 4.98 Å². The Morgan fingerprint density at radius 3 is 1.67 bits per heavy atom. The smallest absolute Gasteiger partial charge is 0.227 e. The van der Waals surface area contributed by atoms with Gasteiger partial charge in [-0.1, -0.05) is 140 Å². The van der Waals surface area contributed by atoms with Gasteiger partial charge in [-0.15, -0.1) is 0 Å². The van der Waals surface area contributed by atoms with Gasteiger partial charge >= 0.3 is 0 Å². The van der Waals surface area contributed by atoms with E-state index in [1.54, 1.807) is 0 Å².